The Morgan fingerprint density at radius 2 is 2.00 bits per heavy atom. The summed E-state index contributed by atoms with van der Waals surface area (Å²) in [7, 11) is -3.62. The molecule has 1 aromatic carbocycles. The molecule has 7 heteroatoms. The van der Waals surface area contributed by atoms with Gasteiger partial charge in [0.1, 0.15) is 4.21 Å². The van der Waals surface area contributed by atoms with Gasteiger partial charge in [0, 0.05) is 11.6 Å². The Morgan fingerprint density at radius 1 is 1.19 bits per heavy atom. The summed E-state index contributed by atoms with van der Waals surface area (Å²) >= 11 is 1.19. The van der Waals surface area contributed by atoms with Gasteiger partial charge in [-0.05, 0) is 49.6 Å². The number of sulfonamides is 1. The molecule has 0 unspecified atom stereocenters. The summed E-state index contributed by atoms with van der Waals surface area (Å²) in [5, 5.41) is 0. The monoisotopic (exact) mass is 388 g/mol. The number of benzene rings is 1. The molecule has 0 aliphatic heterocycles. The first kappa shape index (κ1) is 17.3. The molecular formula is C19H20N2O3S2. The van der Waals surface area contributed by atoms with Crippen LogP contribution in [0.1, 0.15) is 43.1 Å². The Hall–Kier alpha value is -2.12. The lowest BCUT2D eigenvalue weighted by molar-refractivity contribution is 0.458. The molecule has 0 amide bonds. The van der Waals surface area contributed by atoms with Crippen LogP contribution in [0.5, 0.6) is 0 Å². The highest BCUT2D eigenvalue weighted by atomic mass is 32.2. The Morgan fingerprint density at radius 3 is 2.77 bits per heavy atom. The number of nitrogens with zero attached hydrogens (tertiary/aromatic N) is 1. The van der Waals surface area contributed by atoms with Crippen molar-refractivity contribution < 1.29 is 12.8 Å². The molecule has 3 aromatic rings. The highest BCUT2D eigenvalue weighted by molar-refractivity contribution is 7.94. The van der Waals surface area contributed by atoms with Crippen LogP contribution in [0, 0.1) is 6.92 Å². The molecule has 0 atom stereocenters. The van der Waals surface area contributed by atoms with Crippen LogP contribution in [0.15, 0.2) is 51.2 Å². The Kier molecular flexibility index (Phi) is 4.58. The number of oxazole rings is 1. The molecule has 1 aliphatic rings. The fourth-order valence-corrected chi connectivity index (χ4v) is 5.58. The molecule has 5 nitrogen and oxygen atoms in total. The summed E-state index contributed by atoms with van der Waals surface area (Å²) in [6.07, 6.45) is 6.36. The topological polar surface area (TPSA) is 72.2 Å². The minimum absolute atomic E-state index is 0.257. The number of anilines is 1. The standard InChI is InChI=1S/C19H20N2O3S2/c1-13-5-4-8-15(11-13)21-26(22,23)18-10-9-17(25-18)16-12-20-19(24-16)14-6-2-3-7-14/h4-5,8-12,14,21H,2-3,6-7H2,1H3. The van der Waals surface area contributed by atoms with Crippen LogP contribution in [0.2, 0.25) is 0 Å². The van der Waals surface area contributed by atoms with Crippen LogP contribution in [-0.2, 0) is 10.0 Å². The fraction of sp³-hybridized carbons (Fsp3) is 0.316. The van der Waals surface area contributed by atoms with E-state index in [0.29, 0.717) is 17.4 Å². The van der Waals surface area contributed by atoms with Gasteiger partial charge in [-0.1, -0.05) is 25.0 Å². The first-order valence-electron chi connectivity index (χ1n) is 8.67. The van der Waals surface area contributed by atoms with E-state index in [9.17, 15) is 8.42 Å². The summed E-state index contributed by atoms with van der Waals surface area (Å²) in [5.41, 5.74) is 1.56. The van der Waals surface area contributed by atoms with Gasteiger partial charge >= 0.3 is 0 Å². The van der Waals surface area contributed by atoms with Crippen molar-refractivity contribution in [2.75, 3.05) is 4.72 Å². The number of rotatable bonds is 5. The summed E-state index contributed by atoms with van der Waals surface area (Å²) in [6.45, 7) is 1.92. The molecule has 0 saturated heterocycles. The van der Waals surface area contributed by atoms with E-state index >= 15 is 0 Å². The van der Waals surface area contributed by atoms with E-state index in [2.05, 4.69) is 9.71 Å². The van der Waals surface area contributed by atoms with Crippen LogP contribution in [-0.4, -0.2) is 13.4 Å². The highest BCUT2D eigenvalue weighted by Crippen LogP contribution is 2.37. The average Bonchev–Trinajstić information content (AvgIpc) is 3.34. The molecule has 2 aromatic heterocycles. The lowest BCUT2D eigenvalue weighted by atomic mass is 10.1. The molecule has 26 heavy (non-hydrogen) atoms. The first-order valence-corrected chi connectivity index (χ1v) is 11.0. The van der Waals surface area contributed by atoms with E-state index in [1.165, 1.54) is 24.2 Å². The zero-order valence-corrected chi connectivity index (χ0v) is 16.1. The van der Waals surface area contributed by atoms with E-state index in [-0.39, 0.29) is 4.21 Å². The lowest BCUT2D eigenvalue weighted by Gasteiger charge is -2.06. The molecule has 4 rings (SSSR count). The second kappa shape index (κ2) is 6.89. The van der Waals surface area contributed by atoms with Crippen LogP contribution >= 0.6 is 11.3 Å². The summed E-state index contributed by atoms with van der Waals surface area (Å²) in [5.74, 6) is 1.80. The molecular weight excluding hydrogens is 368 g/mol. The van der Waals surface area contributed by atoms with Gasteiger partial charge in [-0.15, -0.1) is 11.3 Å². The quantitative estimate of drug-likeness (QED) is 0.654. The van der Waals surface area contributed by atoms with Gasteiger partial charge in [0.2, 0.25) is 0 Å². The number of thiophene rings is 1. The SMILES string of the molecule is Cc1cccc(NS(=O)(=O)c2ccc(-c3cnc(C4CCCC4)o3)s2)c1. The van der Waals surface area contributed by atoms with Crippen LogP contribution in [0.25, 0.3) is 10.6 Å². The molecule has 1 saturated carbocycles. The van der Waals surface area contributed by atoms with Gasteiger partial charge in [0.25, 0.3) is 10.0 Å². The second-order valence-corrected chi connectivity index (χ2v) is 9.63. The summed E-state index contributed by atoms with van der Waals surface area (Å²) < 4.78 is 34.0. The Bertz CT molecular complexity index is 1010. The number of hydrogen-bond acceptors (Lipinski definition) is 5. The molecule has 1 aliphatic carbocycles. The molecule has 0 spiro atoms. The van der Waals surface area contributed by atoms with Crippen LogP contribution < -0.4 is 4.72 Å². The van der Waals surface area contributed by atoms with E-state index in [1.807, 2.05) is 19.1 Å². The molecule has 1 N–H and O–H groups in total. The number of aryl methyl sites for hydroxylation is 1. The lowest BCUT2D eigenvalue weighted by Crippen LogP contribution is -2.11. The molecule has 1 fully saturated rings. The average molecular weight is 389 g/mol. The summed E-state index contributed by atoms with van der Waals surface area (Å²) in [4.78, 5) is 5.17. The van der Waals surface area contributed by atoms with Crippen molar-refractivity contribution in [2.24, 2.45) is 0 Å². The highest BCUT2D eigenvalue weighted by Gasteiger charge is 2.23. The normalized spacial score (nSPS) is 15.4. The zero-order valence-electron chi connectivity index (χ0n) is 14.4. The Balaban J connectivity index is 1.55. The van der Waals surface area contributed by atoms with Crippen LogP contribution in [0.4, 0.5) is 5.69 Å². The van der Waals surface area contributed by atoms with Gasteiger partial charge in [-0.25, -0.2) is 13.4 Å². The van der Waals surface area contributed by atoms with Gasteiger partial charge in [-0.3, -0.25) is 4.72 Å². The van der Waals surface area contributed by atoms with Gasteiger partial charge in [0.05, 0.1) is 11.1 Å². The second-order valence-electron chi connectivity index (χ2n) is 6.64. The largest absolute Gasteiger partial charge is 0.440 e. The van der Waals surface area contributed by atoms with E-state index in [0.717, 1.165) is 29.2 Å². The Labute approximate surface area is 157 Å². The van der Waals surface area contributed by atoms with Crippen molar-refractivity contribution in [1.82, 2.24) is 4.98 Å². The minimum Gasteiger partial charge on any atom is -0.440 e. The van der Waals surface area contributed by atoms with Crippen molar-refractivity contribution >= 4 is 27.0 Å². The third-order valence-electron chi connectivity index (χ3n) is 4.59. The molecule has 0 radical (unpaired) electrons. The van der Waals surface area contributed by atoms with Crippen molar-refractivity contribution in [1.29, 1.82) is 0 Å². The third-order valence-corrected chi connectivity index (χ3v) is 7.56. The van der Waals surface area contributed by atoms with Crippen molar-refractivity contribution in [3.05, 3.63) is 54.0 Å². The predicted molar refractivity (Wildman–Crippen MR) is 103 cm³/mol. The number of nitrogens with one attached hydrogen (secondary N) is 1. The van der Waals surface area contributed by atoms with Crippen molar-refractivity contribution in [3.63, 3.8) is 0 Å². The molecule has 136 valence electrons. The van der Waals surface area contributed by atoms with Crippen LogP contribution in [0.3, 0.4) is 0 Å². The fourth-order valence-electron chi connectivity index (χ4n) is 3.27. The maximum absolute atomic E-state index is 12.6. The molecule has 2 heterocycles. The maximum atomic E-state index is 12.6. The van der Waals surface area contributed by atoms with Crippen molar-refractivity contribution in [3.8, 4) is 10.6 Å². The predicted octanol–water partition coefficient (Wildman–Crippen LogP) is 5.17. The van der Waals surface area contributed by atoms with Gasteiger partial charge in [-0.2, -0.15) is 0 Å². The number of aromatic nitrogens is 1. The third kappa shape index (κ3) is 3.54. The zero-order chi connectivity index (χ0) is 18.1. The van der Waals surface area contributed by atoms with Gasteiger partial charge in [0.15, 0.2) is 11.7 Å². The summed E-state index contributed by atoms with van der Waals surface area (Å²) in [6, 6.07) is 10.7. The number of hydrogen-bond donors (Lipinski definition) is 1. The van der Waals surface area contributed by atoms with Gasteiger partial charge < -0.3 is 4.42 Å². The minimum atomic E-state index is -3.62. The van der Waals surface area contributed by atoms with E-state index in [4.69, 9.17) is 4.42 Å². The smallest absolute Gasteiger partial charge is 0.271 e. The maximum Gasteiger partial charge on any atom is 0.271 e. The van der Waals surface area contributed by atoms with E-state index in [1.54, 1.807) is 30.5 Å². The first-order chi connectivity index (χ1) is 12.5. The molecule has 0 bridgehead atoms. The van der Waals surface area contributed by atoms with Crippen molar-refractivity contribution in [2.45, 2.75) is 42.7 Å². The van der Waals surface area contributed by atoms with E-state index < -0.39 is 10.0 Å².